The summed E-state index contributed by atoms with van der Waals surface area (Å²) >= 11 is 1.86. The lowest BCUT2D eigenvalue weighted by Gasteiger charge is -2.43. The molecule has 0 atom stereocenters. The molecule has 2 heterocycles. The van der Waals surface area contributed by atoms with Crippen LogP contribution in [0.3, 0.4) is 0 Å². The van der Waals surface area contributed by atoms with Crippen LogP contribution in [0.4, 0.5) is 34.1 Å². The quantitative estimate of drug-likeness (QED) is 0.164. The Balaban J connectivity index is 0.915. The third-order valence-electron chi connectivity index (χ3n) is 16.3. The molecule has 0 amide bonds. The standard InChI is InChI=1S/C70H48N2S/c1-69(2)60-28-13-14-30-62(60)72(48-18-4-3-5-19-48)64-32-16-24-51(68(64)69)46-36-41-50(42-37-46)71(49-39-34-45(35-40-49)47-38-43-66-56(44-47)54-22-9-15-33-65(54)73-66)63-31-17-29-61-67(63)55-23-8-12-27-59(55)70(61)57-25-10-6-20-52(57)53-21-7-11-26-58(53)70/h3-44H,1-2H3. The highest BCUT2D eigenvalue weighted by molar-refractivity contribution is 7.25. The summed E-state index contributed by atoms with van der Waals surface area (Å²) in [4.78, 5) is 4.95. The van der Waals surface area contributed by atoms with Gasteiger partial charge in [-0.15, -0.1) is 11.3 Å². The van der Waals surface area contributed by atoms with Gasteiger partial charge in [-0.2, -0.15) is 0 Å². The first-order valence-electron chi connectivity index (χ1n) is 25.4. The Kier molecular flexibility index (Phi) is 9.12. The molecule has 0 bridgehead atoms. The first-order valence-corrected chi connectivity index (χ1v) is 26.2. The minimum Gasteiger partial charge on any atom is -0.310 e. The predicted molar refractivity (Wildman–Crippen MR) is 308 cm³/mol. The molecule has 0 saturated heterocycles. The second kappa shape index (κ2) is 15.9. The van der Waals surface area contributed by atoms with Crippen molar-refractivity contribution in [1.29, 1.82) is 0 Å². The number of para-hydroxylation sites is 2. The number of anilines is 6. The first kappa shape index (κ1) is 42.0. The monoisotopic (exact) mass is 948 g/mol. The van der Waals surface area contributed by atoms with Crippen molar-refractivity contribution < 1.29 is 0 Å². The van der Waals surface area contributed by atoms with Crippen LogP contribution in [-0.2, 0) is 10.8 Å². The Hall–Kier alpha value is -8.76. The number of rotatable bonds is 6. The number of nitrogens with zero attached hydrogens (tertiary/aromatic N) is 2. The van der Waals surface area contributed by atoms with E-state index in [2.05, 4.69) is 278 Å². The molecule has 0 radical (unpaired) electrons. The van der Waals surface area contributed by atoms with Crippen LogP contribution >= 0.6 is 11.3 Å². The van der Waals surface area contributed by atoms with Crippen LogP contribution in [0, 0.1) is 0 Å². The molecule has 3 aliphatic rings. The third kappa shape index (κ3) is 5.97. The molecule has 344 valence electrons. The molecule has 1 aliphatic heterocycles. The molecular weight excluding hydrogens is 901 g/mol. The summed E-state index contributed by atoms with van der Waals surface area (Å²) in [6.07, 6.45) is 0. The average molecular weight is 949 g/mol. The maximum Gasteiger partial charge on any atom is 0.0726 e. The van der Waals surface area contributed by atoms with E-state index < -0.39 is 5.41 Å². The zero-order valence-corrected chi connectivity index (χ0v) is 41.4. The summed E-state index contributed by atoms with van der Waals surface area (Å²) in [7, 11) is 0. The number of hydrogen-bond donors (Lipinski definition) is 0. The van der Waals surface area contributed by atoms with Crippen molar-refractivity contribution >= 4 is 65.6 Å². The number of thiophene rings is 1. The second-order valence-corrected chi connectivity index (χ2v) is 21.4. The second-order valence-electron chi connectivity index (χ2n) is 20.3. The van der Waals surface area contributed by atoms with Crippen molar-refractivity contribution in [2.75, 3.05) is 9.80 Å². The molecule has 1 spiro atoms. The Bertz CT molecular complexity index is 4140. The van der Waals surface area contributed by atoms with E-state index in [4.69, 9.17) is 0 Å². The first-order chi connectivity index (χ1) is 36.0. The molecule has 2 nitrogen and oxygen atoms in total. The number of hydrogen-bond acceptors (Lipinski definition) is 3. The van der Waals surface area contributed by atoms with Crippen LogP contribution in [0.5, 0.6) is 0 Å². The van der Waals surface area contributed by atoms with Crippen LogP contribution in [0.15, 0.2) is 255 Å². The van der Waals surface area contributed by atoms with Crippen LogP contribution in [0.25, 0.3) is 64.7 Å². The fourth-order valence-electron chi connectivity index (χ4n) is 13.2. The molecule has 0 saturated carbocycles. The summed E-state index contributed by atoms with van der Waals surface area (Å²) in [5.74, 6) is 0. The fraction of sp³-hybridized carbons (Fsp3) is 0.0571. The highest BCUT2D eigenvalue weighted by atomic mass is 32.1. The Morgan fingerprint density at radius 1 is 0.370 bits per heavy atom. The van der Waals surface area contributed by atoms with Crippen LogP contribution in [0.2, 0.25) is 0 Å². The van der Waals surface area contributed by atoms with Gasteiger partial charge < -0.3 is 9.80 Å². The average Bonchev–Trinajstić information content (AvgIpc) is 4.08. The smallest absolute Gasteiger partial charge is 0.0726 e. The van der Waals surface area contributed by atoms with Crippen molar-refractivity contribution in [3.05, 3.63) is 288 Å². The van der Waals surface area contributed by atoms with Gasteiger partial charge >= 0.3 is 0 Å². The minimum atomic E-state index is -0.454. The van der Waals surface area contributed by atoms with Gasteiger partial charge in [0.2, 0.25) is 0 Å². The van der Waals surface area contributed by atoms with Gasteiger partial charge in [0, 0.05) is 48.2 Å². The van der Waals surface area contributed by atoms with Gasteiger partial charge in [-0.1, -0.05) is 196 Å². The van der Waals surface area contributed by atoms with Gasteiger partial charge in [-0.25, -0.2) is 0 Å². The lowest BCUT2D eigenvalue weighted by atomic mass is 9.70. The summed E-state index contributed by atoms with van der Waals surface area (Å²) in [5.41, 5.74) is 24.2. The molecule has 11 aromatic carbocycles. The lowest BCUT2D eigenvalue weighted by Crippen LogP contribution is -2.31. The van der Waals surface area contributed by atoms with Crippen LogP contribution < -0.4 is 9.80 Å². The SMILES string of the molecule is CC1(C)c2ccccc2N(c2ccccc2)c2cccc(-c3ccc(N(c4ccc(-c5ccc6sc7ccccc7c6c5)cc4)c4cccc5c4-c4ccccc4C54c5ccccc5-c5ccccc54)cc3)c21. The van der Waals surface area contributed by atoms with E-state index in [0.29, 0.717) is 0 Å². The summed E-state index contributed by atoms with van der Waals surface area (Å²) < 4.78 is 2.64. The highest BCUT2D eigenvalue weighted by Gasteiger charge is 2.52. The summed E-state index contributed by atoms with van der Waals surface area (Å²) in [6.45, 7) is 4.78. The highest BCUT2D eigenvalue weighted by Crippen LogP contribution is 2.65. The van der Waals surface area contributed by atoms with Crippen molar-refractivity contribution in [2.24, 2.45) is 0 Å². The van der Waals surface area contributed by atoms with E-state index in [9.17, 15) is 0 Å². The van der Waals surface area contributed by atoms with Gasteiger partial charge in [0.1, 0.15) is 0 Å². The normalized spacial score (nSPS) is 14.1. The molecule has 0 fully saturated rings. The van der Waals surface area contributed by atoms with E-state index in [0.717, 1.165) is 22.7 Å². The Labute approximate surface area is 430 Å². The molecule has 2 aliphatic carbocycles. The third-order valence-corrected chi connectivity index (χ3v) is 17.4. The van der Waals surface area contributed by atoms with Crippen molar-refractivity contribution in [3.63, 3.8) is 0 Å². The van der Waals surface area contributed by atoms with E-state index in [1.165, 1.54) is 109 Å². The van der Waals surface area contributed by atoms with E-state index >= 15 is 0 Å². The molecular formula is C70H48N2S. The lowest BCUT2D eigenvalue weighted by molar-refractivity contribution is 0.633. The number of fused-ring (bicyclic) bond motifs is 15. The van der Waals surface area contributed by atoms with Crippen molar-refractivity contribution in [2.45, 2.75) is 24.7 Å². The van der Waals surface area contributed by atoms with Crippen molar-refractivity contribution in [3.8, 4) is 44.5 Å². The summed E-state index contributed by atoms with van der Waals surface area (Å²) in [6, 6.07) is 95.2. The Morgan fingerprint density at radius 2 is 0.890 bits per heavy atom. The summed E-state index contributed by atoms with van der Waals surface area (Å²) in [5, 5.41) is 2.63. The van der Waals surface area contributed by atoms with Gasteiger partial charge in [-0.05, 0) is 145 Å². The van der Waals surface area contributed by atoms with Gasteiger partial charge in [0.25, 0.3) is 0 Å². The van der Waals surface area contributed by atoms with Crippen LogP contribution in [-0.4, -0.2) is 0 Å². The fourth-order valence-corrected chi connectivity index (χ4v) is 14.3. The largest absolute Gasteiger partial charge is 0.310 e. The van der Waals surface area contributed by atoms with E-state index in [1.54, 1.807) is 0 Å². The maximum atomic E-state index is 2.50. The Morgan fingerprint density at radius 3 is 1.62 bits per heavy atom. The predicted octanol–water partition coefficient (Wildman–Crippen LogP) is 19.3. The van der Waals surface area contributed by atoms with E-state index in [1.807, 2.05) is 11.3 Å². The topological polar surface area (TPSA) is 6.48 Å². The molecule has 12 aromatic rings. The molecule has 0 unspecified atom stereocenters. The molecule has 1 aromatic heterocycles. The van der Waals surface area contributed by atoms with E-state index in [-0.39, 0.29) is 5.41 Å². The zero-order chi connectivity index (χ0) is 48.4. The van der Waals surface area contributed by atoms with Crippen molar-refractivity contribution in [1.82, 2.24) is 0 Å². The van der Waals surface area contributed by atoms with Crippen LogP contribution in [0.1, 0.15) is 47.2 Å². The molecule has 0 N–H and O–H groups in total. The minimum absolute atomic E-state index is 0.257. The van der Waals surface area contributed by atoms with Gasteiger partial charge in [-0.3, -0.25) is 0 Å². The molecule has 15 rings (SSSR count). The maximum absolute atomic E-state index is 2.50. The molecule has 3 heteroatoms. The van der Waals surface area contributed by atoms with Gasteiger partial charge in [0.05, 0.1) is 22.5 Å². The zero-order valence-electron chi connectivity index (χ0n) is 40.6. The van der Waals surface area contributed by atoms with Gasteiger partial charge in [0.15, 0.2) is 0 Å². The number of benzene rings is 11. The molecule has 73 heavy (non-hydrogen) atoms.